The van der Waals surface area contributed by atoms with Gasteiger partial charge in [0.25, 0.3) is 0 Å². The van der Waals surface area contributed by atoms with Crippen LogP contribution in [0.15, 0.2) is 27.8 Å². The van der Waals surface area contributed by atoms with E-state index in [1.807, 2.05) is 0 Å². The van der Waals surface area contributed by atoms with E-state index in [0.29, 0.717) is 12.1 Å². The van der Waals surface area contributed by atoms with Crippen LogP contribution >= 0.6 is 27.7 Å². The third-order valence-corrected chi connectivity index (χ3v) is 5.63. The van der Waals surface area contributed by atoms with E-state index in [0.717, 1.165) is 21.1 Å². The van der Waals surface area contributed by atoms with Crippen LogP contribution in [0.25, 0.3) is 0 Å². The van der Waals surface area contributed by atoms with Crippen LogP contribution in [0.4, 0.5) is 14.0 Å². The molecule has 0 bridgehead atoms. The minimum absolute atomic E-state index is 0.0154. The number of rotatable bonds is 2. The van der Waals surface area contributed by atoms with Gasteiger partial charge in [-0.3, -0.25) is 4.98 Å². The maximum absolute atomic E-state index is 13.8. The Morgan fingerprint density at radius 1 is 1.23 bits per heavy atom. The zero-order valence-corrected chi connectivity index (χ0v) is 21.3. The number of amidine groups is 1. The number of carbonyl (C=O) groups is 2. The number of alkyl halides is 1. The second-order valence-electron chi connectivity index (χ2n) is 9.42. The van der Waals surface area contributed by atoms with Gasteiger partial charge in [0.1, 0.15) is 23.4 Å². The zero-order valence-electron chi connectivity index (χ0n) is 18.9. The number of carbonyl (C=O) groups excluding carboxylic acids is 2. The molecular formula is C21H29BrFN3O4S. The molecule has 0 saturated heterocycles. The molecule has 2 atom stereocenters. The van der Waals surface area contributed by atoms with E-state index in [1.165, 1.54) is 0 Å². The highest BCUT2D eigenvalue weighted by Gasteiger charge is 2.43. The molecule has 172 valence electrons. The molecule has 2 heterocycles. The van der Waals surface area contributed by atoms with Gasteiger partial charge < -0.3 is 9.47 Å². The Morgan fingerprint density at radius 2 is 1.77 bits per heavy atom. The monoisotopic (exact) mass is 517 g/mol. The van der Waals surface area contributed by atoms with Crippen molar-refractivity contribution in [1.29, 1.82) is 0 Å². The third kappa shape index (κ3) is 7.17. The summed E-state index contributed by atoms with van der Waals surface area (Å²) >= 11 is 4.42. The molecule has 31 heavy (non-hydrogen) atoms. The largest absolute Gasteiger partial charge is 0.443 e. The average molecular weight is 518 g/mol. The number of amides is 2. The number of pyridine rings is 1. The van der Waals surface area contributed by atoms with Gasteiger partial charge in [-0.2, -0.15) is 4.90 Å². The van der Waals surface area contributed by atoms with Crippen LogP contribution in [-0.2, 0) is 15.0 Å². The highest BCUT2D eigenvalue weighted by molar-refractivity contribution is 9.10. The first-order valence-electron chi connectivity index (χ1n) is 9.84. The number of nitrogens with zero attached hydrogens (tertiary/aromatic N) is 3. The van der Waals surface area contributed by atoms with Crippen LogP contribution in [0.3, 0.4) is 0 Å². The van der Waals surface area contributed by atoms with Crippen molar-refractivity contribution in [1.82, 2.24) is 9.88 Å². The van der Waals surface area contributed by atoms with Crippen LogP contribution in [0, 0.1) is 0 Å². The van der Waals surface area contributed by atoms with Crippen molar-refractivity contribution in [3.8, 4) is 0 Å². The molecule has 10 heteroatoms. The zero-order chi connectivity index (χ0) is 23.6. The summed E-state index contributed by atoms with van der Waals surface area (Å²) in [7, 11) is 0. The van der Waals surface area contributed by atoms with Crippen LogP contribution in [0.5, 0.6) is 0 Å². The lowest BCUT2D eigenvalue weighted by molar-refractivity contribution is 0.0151. The summed E-state index contributed by atoms with van der Waals surface area (Å²) in [4.78, 5) is 35.8. The van der Waals surface area contributed by atoms with Gasteiger partial charge in [0, 0.05) is 15.9 Å². The Hall–Kier alpha value is -1.68. The molecule has 0 fully saturated rings. The van der Waals surface area contributed by atoms with E-state index in [-0.39, 0.29) is 5.17 Å². The first-order valence-corrected chi connectivity index (χ1v) is 11.5. The molecule has 0 N–H and O–H groups in total. The number of aliphatic imine (C=N–C) groups is 1. The molecule has 7 nitrogen and oxygen atoms in total. The van der Waals surface area contributed by atoms with E-state index >= 15 is 0 Å². The number of aromatic nitrogens is 1. The first kappa shape index (κ1) is 25.6. The van der Waals surface area contributed by atoms with Gasteiger partial charge in [0.05, 0.1) is 5.69 Å². The molecule has 0 radical (unpaired) electrons. The van der Waals surface area contributed by atoms with Crippen molar-refractivity contribution in [3.05, 3.63) is 28.5 Å². The van der Waals surface area contributed by atoms with Crippen LogP contribution in [0.1, 0.15) is 60.6 Å². The van der Waals surface area contributed by atoms with E-state index in [4.69, 9.17) is 9.47 Å². The summed E-state index contributed by atoms with van der Waals surface area (Å²) < 4.78 is 25.5. The number of imide groups is 1. The molecule has 1 aliphatic rings. The molecule has 1 aliphatic heterocycles. The van der Waals surface area contributed by atoms with Crippen molar-refractivity contribution in [2.24, 2.45) is 4.99 Å². The van der Waals surface area contributed by atoms with Gasteiger partial charge in [-0.1, -0.05) is 27.7 Å². The number of thioether (sulfide) groups is 1. The molecule has 0 spiro atoms. The molecule has 1 aromatic rings. The summed E-state index contributed by atoms with van der Waals surface area (Å²) in [6.07, 6.45) is 0.0949. The molecule has 0 aromatic carbocycles. The Labute approximate surface area is 195 Å². The van der Waals surface area contributed by atoms with Gasteiger partial charge >= 0.3 is 12.2 Å². The smallest absolute Gasteiger partial charge is 0.426 e. The van der Waals surface area contributed by atoms with E-state index in [2.05, 4.69) is 25.9 Å². The first-order chi connectivity index (χ1) is 14.1. The van der Waals surface area contributed by atoms with Crippen molar-refractivity contribution in [2.45, 2.75) is 76.9 Å². The minimum atomic E-state index is -0.955. The standard InChI is InChI=1S/C21H29BrFN3O4S/c1-19(2,3)29-17(27)26(18(28)30-20(4,5)6)16-25-21(7,11-14(12-23)31-16)15-10-13(22)8-9-24-15/h8-10,14H,11-12H2,1-7H3/t14-,21-/m0/s1. The van der Waals surface area contributed by atoms with Crippen LogP contribution in [-0.4, -0.2) is 50.4 Å². The third-order valence-electron chi connectivity index (χ3n) is 4.03. The van der Waals surface area contributed by atoms with Crippen molar-refractivity contribution in [2.75, 3.05) is 6.67 Å². The highest BCUT2D eigenvalue weighted by Crippen LogP contribution is 2.41. The summed E-state index contributed by atoms with van der Waals surface area (Å²) in [5.74, 6) is 0. The van der Waals surface area contributed by atoms with Gasteiger partial charge in [0.2, 0.25) is 0 Å². The summed E-state index contributed by atoms with van der Waals surface area (Å²) in [6.45, 7) is 11.3. The van der Waals surface area contributed by atoms with E-state index < -0.39 is 40.9 Å². The fraction of sp³-hybridized carbons (Fsp3) is 0.619. The number of hydrogen-bond acceptors (Lipinski definition) is 7. The molecule has 0 aliphatic carbocycles. The van der Waals surface area contributed by atoms with Crippen molar-refractivity contribution in [3.63, 3.8) is 0 Å². The molecule has 2 amide bonds. The van der Waals surface area contributed by atoms with E-state index in [9.17, 15) is 14.0 Å². The quantitative estimate of drug-likeness (QED) is 0.473. The SMILES string of the molecule is CC(C)(C)OC(=O)N(C(=O)OC(C)(C)C)C1=N[C@](C)(c2cc(Br)ccn2)C[C@@H](CF)S1. The Morgan fingerprint density at radius 3 is 2.23 bits per heavy atom. The normalized spacial score (nSPS) is 21.8. The second-order valence-corrected chi connectivity index (χ2v) is 11.6. The summed E-state index contributed by atoms with van der Waals surface area (Å²) in [5.41, 5.74) is -2.08. The highest BCUT2D eigenvalue weighted by atomic mass is 79.9. The fourth-order valence-electron chi connectivity index (χ4n) is 2.81. The topological polar surface area (TPSA) is 81.1 Å². The average Bonchev–Trinajstić information content (AvgIpc) is 2.58. The van der Waals surface area contributed by atoms with Gasteiger partial charge in [0.15, 0.2) is 5.17 Å². The lowest BCUT2D eigenvalue weighted by Crippen LogP contribution is -2.48. The van der Waals surface area contributed by atoms with Crippen molar-refractivity contribution < 1.29 is 23.5 Å². The predicted molar refractivity (Wildman–Crippen MR) is 123 cm³/mol. The fourth-order valence-corrected chi connectivity index (χ4v) is 4.43. The molecule has 2 rings (SSSR count). The summed E-state index contributed by atoms with van der Waals surface area (Å²) in [5, 5.41) is -0.521. The molecule has 0 unspecified atom stereocenters. The van der Waals surface area contributed by atoms with Crippen molar-refractivity contribution >= 4 is 45.0 Å². The molecular weight excluding hydrogens is 489 g/mol. The maximum atomic E-state index is 13.8. The predicted octanol–water partition coefficient (Wildman–Crippen LogP) is 6.06. The lowest BCUT2D eigenvalue weighted by atomic mass is 9.92. The lowest BCUT2D eigenvalue weighted by Gasteiger charge is -2.36. The van der Waals surface area contributed by atoms with Gasteiger partial charge in [-0.15, -0.1) is 0 Å². The summed E-state index contributed by atoms with van der Waals surface area (Å²) in [6, 6.07) is 3.56. The molecule has 0 saturated carbocycles. The minimum Gasteiger partial charge on any atom is -0.443 e. The number of halogens is 2. The van der Waals surface area contributed by atoms with Gasteiger partial charge in [-0.25, -0.2) is 19.0 Å². The maximum Gasteiger partial charge on any atom is 0.426 e. The van der Waals surface area contributed by atoms with Crippen LogP contribution in [0.2, 0.25) is 0 Å². The Balaban J connectivity index is 2.56. The van der Waals surface area contributed by atoms with Crippen LogP contribution < -0.4 is 0 Å². The number of hydrogen-bond donors (Lipinski definition) is 0. The Kier molecular flexibility index (Phi) is 7.79. The second kappa shape index (κ2) is 9.44. The number of ether oxygens (including phenoxy) is 2. The Bertz CT molecular complexity index is 841. The van der Waals surface area contributed by atoms with E-state index in [1.54, 1.807) is 66.8 Å². The van der Waals surface area contributed by atoms with Gasteiger partial charge in [-0.05, 0) is 67.0 Å². The molecule has 1 aromatic heterocycles.